The highest BCUT2D eigenvalue weighted by Gasteiger charge is 2.40. The number of rotatable bonds is 0. The summed E-state index contributed by atoms with van der Waals surface area (Å²) in [5.41, 5.74) is 0. The molecule has 0 aromatic carbocycles. The van der Waals surface area contributed by atoms with E-state index in [1.807, 2.05) is 0 Å². The Bertz CT molecular complexity index is 190. The summed E-state index contributed by atoms with van der Waals surface area (Å²) in [4.78, 5) is 2.80. The largest absolute Gasteiger partial charge is 0.300 e. The lowest BCUT2D eigenvalue weighted by Gasteiger charge is -2.46. The molecule has 1 aliphatic carbocycles. The van der Waals surface area contributed by atoms with Gasteiger partial charge in [-0.3, -0.25) is 0 Å². The van der Waals surface area contributed by atoms with Crippen molar-refractivity contribution in [3.63, 3.8) is 0 Å². The molecule has 0 radical (unpaired) electrons. The molecule has 3 unspecified atom stereocenters. The second-order valence-corrected chi connectivity index (χ2v) is 5.24. The fourth-order valence-corrected chi connectivity index (χ4v) is 4.04. The van der Waals surface area contributed by atoms with Gasteiger partial charge in [0.1, 0.15) is 0 Å². The molecule has 0 amide bonds. The first-order valence-electron chi connectivity index (χ1n) is 6.19. The van der Waals surface area contributed by atoms with Crippen LogP contribution in [0.15, 0.2) is 0 Å². The summed E-state index contributed by atoms with van der Waals surface area (Å²) in [6, 6.07) is 1.01. The van der Waals surface area contributed by atoms with E-state index in [1.54, 1.807) is 12.8 Å². The van der Waals surface area contributed by atoms with Crippen molar-refractivity contribution in [3.05, 3.63) is 0 Å². The molecule has 1 saturated carbocycles. The number of piperidine rings is 2. The Morgan fingerprint density at radius 2 is 1.77 bits per heavy atom. The molecule has 13 heavy (non-hydrogen) atoms. The van der Waals surface area contributed by atoms with E-state index >= 15 is 0 Å². The Balaban J connectivity index is 1.77. The van der Waals surface area contributed by atoms with Crippen LogP contribution in [0, 0.1) is 11.8 Å². The fraction of sp³-hybridized carbons (Fsp3) is 1.00. The van der Waals surface area contributed by atoms with Crippen molar-refractivity contribution in [1.82, 2.24) is 4.90 Å². The molecule has 74 valence electrons. The van der Waals surface area contributed by atoms with Crippen molar-refractivity contribution in [3.8, 4) is 0 Å². The Labute approximate surface area is 81.5 Å². The van der Waals surface area contributed by atoms with Gasteiger partial charge in [-0.1, -0.05) is 19.3 Å². The van der Waals surface area contributed by atoms with Gasteiger partial charge >= 0.3 is 0 Å². The Morgan fingerprint density at radius 3 is 2.77 bits per heavy atom. The monoisotopic (exact) mass is 179 g/mol. The summed E-state index contributed by atoms with van der Waals surface area (Å²) in [5, 5.41) is 0. The summed E-state index contributed by atoms with van der Waals surface area (Å²) in [7, 11) is 0. The van der Waals surface area contributed by atoms with Gasteiger partial charge in [0.05, 0.1) is 0 Å². The van der Waals surface area contributed by atoms with Crippen molar-refractivity contribution in [2.45, 2.75) is 51.0 Å². The zero-order valence-corrected chi connectivity index (χ0v) is 8.54. The van der Waals surface area contributed by atoms with Crippen LogP contribution in [-0.4, -0.2) is 24.0 Å². The smallest absolute Gasteiger partial charge is 0.0126 e. The van der Waals surface area contributed by atoms with E-state index in [9.17, 15) is 0 Å². The van der Waals surface area contributed by atoms with Gasteiger partial charge < -0.3 is 4.90 Å². The lowest BCUT2D eigenvalue weighted by molar-refractivity contribution is 0.0357. The predicted molar refractivity (Wildman–Crippen MR) is 54.7 cm³/mol. The van der Waals surface area contributed by atoms with Gasteiger partial charge in [0.2, 0.25) is 0 Å². The molecule has 0 spiro atoms. The van der Waals surface area contributed by atoms with Gasteiger partial charge in [0.25, 0.3) is 0 Å². The van der Waals surface area contributed by atoms with Crippen molar-refractivity contribution in [1.29, 1.82) is 0 Å². The average Bonchev–Trinajstić information content (AvgIpc) is 2.65. The van der Waals surface area contributed by atoms with Crippen LogP contribution in [0.1, 0.15) is 44.9 Å². The van der Waals surface area contributed by atoms with Crippen LogP contribution in [0.2, 0.25) is 0 Å². The topological polar surface area (TPSA) is 3.24 Å². The second kappa shape index (κ2) is 3.27. The molecule has 3 aliphatic rings. The Kier molecular flexibility index (Phi) is 2.08. The fourth-order valence-electron chi connectivity index (χ4n) is 4.04. The molecular formula is C12H21N. The van der Waals surface area contributed by atoms with E-state index in [0.717, 1.165) is 17.9 Å². The normalized spacial score (nSPS) is 45.7. The predicted octanol–water partition coefficient (Wildman–Crippen LogP) is 2.66. The lowest BCUT2D eigenvalue weighted by atomic mass is 9.78. The van der Waals surface area contributed by atoms with Crippen molar-refractivity contribution in [2.24, 2.45) is 11.8 Å². The van der Waals surface area contributed by atoms with Crippen LogP contribution >= 0.6 is 0 Å². The van der Waals surface area contributed by atoms with Gasteiger partial charge in [-0.2, -0.15) is 0 Å². The number of nitrogens with zero attached hydrogens (tertiary/aromatic N) is 1. The maximum atomic E-state index is 2.80. The van der Waals surface area contributed by atoms with Crippen LogP contribution in [-0.2, 0) is 0 Å². The molecule has 1 heteroatoms. The quantitative estimate of drug-likeness (QED) is 0.552. The van der Waals surface area contributed by atoms with E-state index in [1.165, 1.54) is 45.2 Å². The minimum atomic E-state index is 1.01. The first-order valence-corrected chi connectivity index (χ1v) is 6.19. The summed E-state index contributed by atoms with van der Waals surface area (Å²) < 4.78 is 0. The molecule has 2 heterocycles. The molecule has 0 bridgehead atoms. The van der Waals surface area contributed by atoms with E-state index in [0.29, 0.717) is 0 Å². The Hall–Kier alpha value is -0.0400. The zero-order chi connectivity index (χ0) is 8.67. The maximum Gasteiger partial charge on any atom is 0.0126 e. The van der Waals surface area contributed by atoms with Crippen LogP contribution in [0.4, 0.5) is 0 Å². The van der Waals surface area contributed by atoms with Crippen molar-refractivity contribution >= 4 is 0 Å². The third kappa shape index (κ3) is 1.32. The molecular weight excluding hydrogens is 158 g/mol. The van der Waals surface area contributed by atoms with E-state index < -0.39 is 0 Å². The van der Waals surface area contributed by atoms with Crippen molar-refractivity contribution in [2.75, 3.05) is 13.1 Å². The highest BCUT2D eigenvalue weighted by molar-refractivity contribution is 4.94. The minimum absolute atomic E-state index is 1.01. The van der Waals surface area contributed by atoms with Gasteiger partial charge in [-0.05, 0) is 50.6 Å². The first-order chi connectivity index (χ1) is 6.45. The highest BCUT2D eigenvalue weighted by Crippen LogP contribution is 2.44. The summed E-state index contributed by atoms with van der Waals surface area (Å²) in [6.45, 7) is 2.83. The highest BCUT2D eigenvalue weighted by atomic mass is 15.2. The number of hydrogen-bond donors (Lipinski definition) is 0. The molecule has 3 atom stereocenters. The maximum absolute atomic E-state index is 2.80. The average molecular weight is 179 g/mol. The Morgan fingerprint density at radius 1 is 0.769 bits per heavy atom. The summed E-state index contributed by atoms with van der Waals surface area (Å²) in [6.07, 6.45) is 10.6. The van der Waals surface area contributed by atoms with Gasteiger partial charge in [-0.15, -0.1) is 0 Å². The van der Waals surface area contributed by atoms with Gasteiger partial charge in [-0.25, -0.2) is 0 Å². The summed E-state index contributed by atoms with van der Waals surface area (Å²) >= 11 is 0. The van der Waals surface area contributed by atoms with Gasteiger partial charge in [0.15, 0.2) is 0 Å². The molecule has 2 saturated heterocycles. The summed E-state index contributed by atoms with van der Waals surface area (Å²) in [5.74, 6) is 2.23. The van der Waals surface area contributed by atoms with Crippen LogP contribution in [0.3, 0.4) is 0 Å². The molecule has 3 fully saturated rings. The second-order valence-electron chi connectivity index (χ2n) is 5.24. The standard InChI is InChI=1S/C12H21N/c1-2-8-13-9-7-10-4-3-5-11(10)12(13)6-1/h10-12H,1-9H2. The van der Waals surface area contributed by atoms with Crippen LogP contribution < -0.4 is 0 Å². The minimum Gasteiger partial charge on any atom is -0.300 e. The third-order valence-corrected chi connectivity index (χ3v) is 4.66. The molecule has 0 N–H and O–H groups in total. The molecule has 3 rings (SSSR count). The van der Waals surface area contributed by atoms with E-state index in [4.69, 9.17) is 0 Å². The molecule has 0 aromatic rings. The zero-order valence-electron chi connectivity index (χ0n) is 8.54. The van der Waals surface area contributed by atoms with E-state index in [2.05, 4.69) is 4.90 Å². The van der Waals surface area contributed by atoms with Crippen LogP contribution in [0.25, 0.3) is 0 Å². The first kappa shape index (κ1) is 8.28. The van der Waals surface area contributed by atoms with Gasteiger partial charge in [0, 0.05) is 6.04 Å². The number of fused-ring (bicyclic) bond motifs is 3. The molecule has 0 aromatic heterocycles. The SMILES string of the molecule is C1CC2CCN3CCCCC3C2C1. The molecule has 2 aliphatic heterocycles. The third-order valence-electron chi connectivity index (χ3n) is 4.66. The lowest BCUT2D eigenvalue weighted by Crippen LogP contribution is -2.49. The van der Waals surface area contributed by atoms with Crippen LogP contribution in [0.5, 0.6) is 0 Å². The number of hydrogen-bond acceptors (Lipinski definition) is 1. The van der Waals surface area contributed by atoms with E-state index in [-0.39, 0.29) is 0 Å². The van der Waals surface area contributed by atoms with Crippen molar-refractivity contribution < 1.29 is 0 Å². The molecule has 1 nitrogen and oxygen atoms in total.